The third-order valence-electron chi connectivity index (χ3n) is 2.29. The zero-order valence-electron chi connectivity index (χ0n) is 10.6. The maximum absolute atomic E-state index is 11.7. The molecule has 0 radical (unpaired) electrons. The first-order valence-electron chi connectivity index (χ1n) is 5.76. The summed E-state index contributed by atoms with van der Waals surface area (Å²) in [6.45, 7) is 4.43. The number of rotatable bonds is 7. The molecule has 6 nitrogen and oxygen atoms in total. The van der Waals surface area contributed by atoms with Crippen LogP contribution in [0.3, 0.4) is 0 Å². The standard InChI is InChI=1S/C11H20N4O2/c1-4-5-12-6-7-13-11(16)9-8-10(17-3)15(2)14-9/h8,12H,4-7H2,1-3H3,(H,13,16). The number of carbonyl (C=O) groups excluding carboxylic acids is 1. The minimum atomic E-state index is -0.179. The maximum atomic E-state index is 11.7. The number of aromatic nitrogens is 2. The first-order chi connectivity index (χ1) is 8.19. The second-order valence-electron chi connectivity index (χ2n) is 3.70. The van der Waals surface area contributed by atoms with Crippen molar-refractivity contribution in [1.29, 1.82) is 0 Å². The molecule has 0 saturated heterocycles. The summed E-state index contributed by atoms with van der Waals surface area (Å²) in [7, 11) is 3.28. The summed E-state index contributed by atoms with van der Waals surface area (Å²) in [5.41, 5.74) is 0.375. The molecule has 1 amide bonds. The van der Waals surface area contributed by atoms with Gasteiger partial charge in [-0.05, 0) is 13.0 Å². The molecule has 1 aromatic rings. The highest BCUT2D eigenvalue weighted by molar-refractivity contribution is 5.92. The topological polar surface area (TPSA) is 68.2 Å². The van der Waals surface area contributed by atoms with E-state index in [1.165, 1.54) is 4.68 Å². The normalized spacial score (nSPS) is 10.3. The fraction of sp³-hybridized carbons (Fsp3) is 0.636. The van der Waals surface area contributed by atoms with Gasteiger partial charge in [0.15, 0.2) is 5.69 Å². The predicted molar refractivity (Wildman–Crippen MR) is 65.3 cm³/mol. The summed E-state index contributed by atoms with van der Waals surface area (Å²) >= 11 is 0. The Labute approximate surface area is 101 Å². The van der Waals surface area contributed by atoms with Gasteiger partial charge in [-0.2, -0.15) is 5.10 Å². The number of ether oxygens (including phenoxy) is 1. The van der Waals surface area contributed by atoms with Crippen molar-refractivity contribution in [3.05, 3.63) is 11.8 Å². The van der Waals surface area contributed by atoms with E-state index in [2.05, 4.69) is 22.7 Å². The van der Waals surface area contributed by atoms with E-state index in [1.807, 2.05) is 0 Å². The SMILES string of the molecule is CCCNCCNC(=O)c1cc(OC)n(C)n1. The van der Waals surface area contributed by atoms with Crippen molar-refractivity contribution < 1.29 is 9.53 Å². The van der Waals surface area contributed by atoms with E-state index in [-0.39, 0.29) is 5.91 Å². The van der Waals surface area contributed by atoms with Crippen molar-refractivity contribution in [2.45, 2.75) is 13.3 Å². The van der Waals surface area contributed by atoms with Crippen LogP contribution in [0.4, 0.5) is 0 Å². The molecule has 0 unspecified atom stereocenters. The molecular formula is C11H20N4O2. The molecule has 0 aliphatic carbocycles. The van der Waals surface area contributed by atoms with E-state index in [9.17, 15) is 4.79 Å². The minimum Gasteiger partial charge on any atom is -0.481 e. The molecule has 96 valence electrons. The van der Waals surface area contributed by atoms with Crippen LogP contribution >= 0.6 is 0 Å². The summed E-state index contributed by atoms with van der Waals surface area (Å²) < 4.78 is 6.57. The van der Waals surface area contributed by atoms with Gasteiger partial charge in [0.05, 0.1) is 7.11 Å². The monoisotopic (exact) mass is 240 g/mol. The van der Waals surface area contributed by atoms with Gasteiger partial charge in [0.2, 0.25) is 5.88 Å². The minimum absolute atomic E-state index is 0.179. The van der Waals surface area contributed by atoms with Gasteiger partial charge in [0.1, 0.15) is 0 Å². The summed E-state index contributed by atoms with van der Waals surface area (Å²) in [4.78, 5) is 11.7. The van der Waals surface area contributed by atoms with Crippen LogP contribution in [0, 0.1) is 0 Å². The molecule has 2 N–H and O–H groups in total. The Hall–Kier alpha value is -1.56. The van der Waals surface area contributed by atoms with Gasteiger partial charge in [-0.25, -0.2) is 4.68 Å². The van der Waals surface area contributed by atoms with Gasteiger partial charge in [0, 0.05) is 26.2 Å². The molecule has 0 aliphatic rings. The van der Waals surface area contributed by atoms with Crippen LogP contribution in [-0.2, 0) is 7.05 Å². The fourth-order valence-electron chi connectivity index (χ4n) is 1.41. The average molecular weight is 240 g/mol. The number of nitrogens with zero attached hydrogens (tertiary/aromatic N) is 2. The number of carbonyl (C=O) groups is 1. The first-order valence-corrected chi connectivity index (χ1v) is 5.76. The lowest BCUT2D eigenvalue weighted by atomic mass is 10.4. The summed E-state index contributed by atoms with van der Waals surface area (Å²) in [6.07, 6.45) is 1.09. The average Bonchev–Trinajstić information content (AvgIpc) is 2.70. The Morgan fingerprint density at radius 1 is 1.47 bits per heavy atom. The van der Waals surface area contributed by atoms with Crippen LogP contribution in [0.5, 0.6) is 5.88 Å². The number of nitrogens with one attached hydrogen (secondary N) is 2. The second-order valence-corrected chi connectivity index (χ2v) is 3.70. The second kappa shape index (κ2) is 6.90. The Morgan fingerprint density at radius 3 is 2.82 bits per heavy atom. The van der Waals surface area contributed by atoms with E-state index in [0.29, 0.717) is 18.1 Å². The van der Waals surface area contributed by atoms with Gasteiger partial charge in [-0.15, -0.1) is 0 Å². The molecule has 0 spiro atoms. The zero-order valence-corrected chi connectivity index (χ0v) is 10.6. The van der Waals surface area contributed by atoms with Crippen LogP contribution in [0.15, 0.2) is 6.07 Å². The Balaban J connectivity index is 2.36. The molecule has 6 heteroatoms. The smallest absolute Gasteiger partial charge is 0.271 e. The van der Waals surface area contributed by atoms with E-state index < -0.39 is 0 Å². The molecule has 1 aromatic heterocycles. The molecule has 0 atom stereocenters. The van der Waals surface area contributed by atoms with Crippen molar-refractivity contribution in [2.24, 2.45) is 7.05 Å². The molecule has 1 heterocycles. The molecule has 0 aromatic carbocycles. The molecule has 0 bridgehead atoms. The van der Waals surface area contributed by atoms with E-state index in [1.54, 1.807) is 20.2 Å². The van der Waals surface area contributed by atoms with Crippen molar-refractivity contribution in [2.75, 3.05) is 26.7 Å². The van der Waals surface area contributed by atoms with Crippen molar-refractivity contribution in [3.63, 3.8) is 0 Å². The zero-order chi connectivity index (χ0) is 12.7. The third kappa shape index (κ3) is 4.07. The highest BCUT2D eigenvalue weighted by Gasteiger charge is 2.12. The number of amides is 1. The Bertz CT molecular complexity index is 362. The van der Waals surface area contributed by atoms with Crippen LogP contribution in [-0.4, -0.2) is 42.4 Å². The first kappa shape index (κ1) is 13.5. The van der Waals surface area contributed by atoms with E-state index in [4.69, 9.17) is 4.74 Å². The molecule has 0 aliphatic heterocycles. The molecule has 17 heavy (non-hydrogen) atoms. The molecular weight excluding hydrogens is 220 g/mol. The highest BCUT2D eigenvalue weighted by Crippen LogP contribution is 2.10. The van der Waals surface area contributed by atoms with Crippen LogP contribution in [0.2, 0.25) is 0 Å². The van der Waals surface area contributed by atoms with Gasteiger partial charge in [-0.1, -0.05) is 6.92 Å². The lowest BCUT2D eigenvalue weighted by Gasteiger charge is -2.03. The summed E-state index contributed by atoms with van der Waals surface area (Å²) in [5.74, 6) is 0.390. The van der Waals surface area contributed by atoms with E-state index in [0.717, 1.165) is 19.5 Å². The lowest BCUT2D eigenvalue weighted by molar-refractivity contribution is 0.0948. The van der Waals surface area contributed by atoms with Gasteiger partial charge < -0.3 is 15.4 Å². The quantitative estimate of drug-likeness (QED) is 0.666. The summed E-state index contributed by atoms with van der Waals surface area (Å²) in [6, 6.07) is 1.62. The van der Waals surface area contributed by atoms with Gasteiger partial charge >= 0.3 is 0 Å². The predicted octanol–water partition coefficient (Wildman–Crippen LogP) is 0.158. The Kier molecular flexibility index (Phi) is 5.48. The van der Waals surface area contributed by atoms with E-state index >= 15 is 0 Å². The van der Waals surface area contributed by atoms with Crippen LogP contribution < -0.4 is 15.4 Å². The molecule has 1 rings (SSSR count). The van der Waals surface area contributed by atoms with Crippen molar-refractivity contribution in [1.82, 2.24) is 20.4 Å². The van der Waals surface area contributed by atoms with Gasteiger partial charge in [0.25, 0.3) is 5.91 Å². The highest BCUT2D eigenvalue weighted by atomic mass is 16.5. The Morgan fingerprint density at radius 2 is 2.24 bits per heavy atom. The third-order valence-corrected chi connectivity index (χ3v) is 2.29. The summed E-state index contributed by atoms with van der Waals surface area (Å²) in [5, 5.41) is 10.0. The maximum Gasteiger partial charge on any atom is 0.271 e. The van der Waals surface area contributed by atoms with Crippen LogP contribution in [0.25, 0.3) is 0 Å². The van der Waals surface area contributed by atoms with Crippen molar-refractivity contribution in [3.8, 4) is 5.88 Å². The number of methoxy groups -OCH3 is 1. The fourth-order valence-corrected chi connectivity index (χ4v) is 1.41. The molecule has 0 saturated carbocycles. The number of hydrogen-bond acceptors (Lipinski definition) is 4. The van der Waals surface area contributed by atoms with Crippen molar-refractivity contribution >= 4 is 5.91 Å². The molecule has 0 fully saturated rings. The largest absolute Gasteiger partial charge is 0.481 e. The van der Waals surface area contributed by atoms with Gasteiger partial charge in [-0.3, -0.25) is 4.79 Å². The number of hydrogen-bond donors (Lipinski definition) is 2. The lowest BCUT2D eigenvalue weighted by Crippen LogP contribution is -2.32. The van der Waals surface area contributed by atoms with Crippen LogP contribution in [0.1, 0.15) is 23.8 Å². The number of aryl methyl sites for hydroxylation is 1.